The van der Waals surface area contributed by atoms with Crippen LogP contribution in [-0.4, -0.2) is 0 Å². The molecule has 0 radical (unpaired) electrons. The van der Waals surface area contributed by atoms with Gasteiger partial charge in [-0.1, -0.05) is 18.2 Å². The largest absolute Gasteiger partial charge is 0.207 e. The van der Waals surface area contributed by atoms with E-state index in [-0.39, 0.29) is 17.5 Å². The number of hydrogen-bond acceptors (Lipinski definition) is 0. The molecule has 0 aliphatic rings. The van der Waals surface area contributed by atoms with E-state index in [2.05, 4.69) is 0 Å². The van der Waals surface area contributed by atoms with E-state index in [1.165, 1.54) is 18.2 Å². The van der Waals surface area contributed by atoms with Gasteiger partial charge >= 0.3 is 0 Å². The zero-order chi connectivity index (χ0) is 14.0. The van der Waals surface area contributed by atoms with Crippen LogP contribution in [0.1, 0.15) is 16.5 Å². The highest BCUT2D eigenvalue weighted by Crippen LogP contribution is 2.29. The van der Waals surface area contributed by atoms with Crippen molar-refractivity contribution in [2.45, 2.75) is 11.8 Å². The third-order valence-electron chi connectivity index (χ3n) is 2.76. The number of alkyl halides is 1. The summed E-state index contributed by atoms with van der Waals surface area (Å²) in [7, 11) is 0. The minimum Gasteiger partial charge on any atom is -0.207 e. The second-order valence-electron chi connectivity index (χ2n) is 4.01. The van der Waals surface area contributed by atoms with Crippen molar-refractivity contribution in [3.8, 4) is 0 Å². The molecule has 0 amide bonds. The summed E-state index contributed by atoms with van der Waals surface area (Å²) in [4.78, 5) is 0. The van der Waals surface area contributed by atoms with Crippen molar-refractivity contribution in [2.75, 3.05) is 0 Å². The molecule has 0 nitrogen and oxygen atoms in total. The maximum absolute atomic E-state index is 13.5. The van der Waals surface area contributed by atoms with E-state index in [0.29, 0.717) is 0 Å². The highest BCUT2D eigenvalue weighted by Gasteiger charge is 2.19. The fourth-order valence-corrected chi connectivity index (χ4v) is 2.10. The van der Waals surface area contributed by atoms with Crippen LogP contribution < -0.4 is 0 Å². The van der Waals surface area contributed by atoms with Crippen LogP contribution in [0.15, 0.2) is 36.4 Å². The Kier molecular flexibility index (Phi) is 4.10. The molecule has 0 spiro atoms. The quantitative estimate of drug-likeness (QED) is 0.564. The molecule has 0 heterocycles. The van der Waals surface area contributed by atoms with Crippen molar-refractivity contribution in [3.05, 3.63) is 70.8 Å². The number of benzene rings is 2. The summed E-state index contributed by atoms with van der Waals surface area (Å²) in [5.74, 6) is -3.67. The lowest BCUT2D eigenvalue weighted by molar-refractivity contribution is 0.495. The van der Waals surface area contributed by atoms with E-state index >= 15 is 0 Å². The Bertz CT molecular complexity index is 578. The fraction of sp³-hybridized carbons (Fsp3) is 0.143. The van der Waals surface area contributed by atoms with Crippen LogP contribution in [0.5, 0.6) is 0 Å². The minimum absolute atomic E-state index is 0.121. The highest BCUT2D eigenvalue weighted by atomic mass is 35.5. The van der Waals surface area contributed by atoms with Gasteiger partial charge in [-0.15, -0.1) is 11.6 Å². The summed E-state index contributed by atoms with van der Waals surface area (Å²) in [6, 6.07) is 6.93. The van der Waals surface area contributed by atoms with Crippen molar-refractivity contribution >= 4 is 11.6 Å². The second kappa shape index (κ2) is 5.61. The van der Waals surface area contributed by atoms with Crippen molar-refractivity contribution in [1.82, 2.24) is 0 Å². The van der Waals surface area contributed by atoms with Crippen LogP contribution in [0.25, 0.3) is 0 Å². The summed E-state index contributed by atoms with van der Waals surface area (Å²) in [6.45, 7) is 0. The molecule has 2 aromatic carbocycles. The molecule has 0 bridgehead atoms. The topological polar surface area (TPSA) is 0 Å². The Hall–Kier alpha value is -1.55. The zero-order valence-electron chi connectivity index (χ0n) is 9.64. The van der Waals surface area contributed by atoms with Gasteiger partial charge in [0.2, 0.25) is 0 Å². The molecule has 0 aliphatic carbocycles. The first-order valence-electron chi connectivity index (χ1n) is 5.51. The Morgan fingerprint density at radius 3 is 2.00 bits per heavy atom. The van der Waals surface area contributed by atoms with E-state index in [1.54, 1.807) is 0 Å². The van der Waals surface area contributed by atoms with Gasteiger partial charge in [0.1, 0.15) is 11.6 Å². The van der Waals surface area contributed by atoms with Crippen LogP contribution in [0, 0.1) is 23.3 Å². The van der Waals surface area contributed by atoms with Crippen molar-refractivity contribution in [2.24, 2.45) is 0 Å². The first-order valence-corrected chi connectivity index (χ1v) is 5.95. The van der Waals surface area contributed by atoms with Gasteiger partial charge in [0.15, 0.2) is 11.6 Å². The van der Waals surface area contributed by atoms with Gasteiger partial charge in [-0.25, -0.2) is 17.6 Å². The third-order valence-corrected chi connectivity index (χ3v) is 3.15. The van der Waals surface area contributed by atoms with E-state index in [9.17, 15) is 17.6 Å². The average molecular weight is 289 g/mol. The molecule has 5 heteroatoms. The molecule has 0 N–H and O–H groups in total. The van der Waals surface area contributed by atoms with Crippen LogP contribution in [0.3, 0.4) is 0 Å². The Morgan fingerprint density at radius 2 is 1.37 bits per heavy atom. The number of hydrogen-bond donors (Lipinski definition) is 0. The summed E-state index contributed by atoms with van der Waals surface area (Å²) >= 11 is 5.92. The first kappa shape index (κ1) is 13.9. The standard InChI is InChI=1S/C14H9ClF4/c15-10(8-3-1-6-13(18)14(8)19)7-9-11(16)4-2-5-12(9)17/h1-6,10H,7H2. The monoisotopic (exact) mass is 288 g/mol. The molecular weight excluding hydrogens is 280 g/mol. The molecule has 0 saturated carbocycles. The normalized spacial score (nSPS) is 12.5. The zero-order valence-corrected chi connectivity index (χ0v) is 10.4. The molecular formula is C14H9ClF4. The second-order valence-corrected chi connectivity index (χ2v) is 4.54. The summed E-state index contributed by atoms with van der Waals surface area (Å²) in [5, 5.41) is -1.05. The lowest BCUT2D eigenvalue weighted by Gasteiger charge is -2.12. The van der Waals surface area contributed by atoms with Gasteiger partial charge in [-0.2, -0.15) is 0 Å². The average Bonchev–Trinajstić information content (AvgIpc) is 2.37. The number of rotatable bonds is 3. The van der Waals surface area contributed by atoms with Gasteiger partial charge in [0.05, 0.1) is 5.38 Å². The van der Waals surface area contributed by atoms with Crippen LogP contribution in [-0.2, 0) is 6.42 Å². The van der Waals surface area contributed by atoms with Gasteiger partial charge in [-0.3, -0.25) is 0 Å². The van der Waals surface area contributed by atoms with E-state index in [4.69, 9.17) is 11.6 Å². The summed E-state index contributed by atoms with van der Waals surface area (Å²) < 4.78 is 53.4. The van der Waals surface area contributed by atoms with Crippen molar-refractivity contribution < 1.29 is 17.6 Å². The van der Waals surface area contributed by atoms with E-state index < -0.39 is 28.6 Å². The minimum atomic E-state index is -1.10. The lowest BCUT2D eigenvalue weighted by atomic mass is 10.0. The van der Waals surface area contributed by atoms with E-state index in [1.807, 2.05) is 0 Å². The SMILES string of the molecule is Fc1cccc(C(Cl)Cc2c(F)cccc2F)c1F. The van der Waals surface area contributed by atoms with Gasteiger partial charge in [-0.05, 0) is 24.6 Å². The Balaban J connectivity index is 2.31. The fourth-order valence-electron chi connectivity index (χ4n) is 1.78. The highest BCUT2D eigenvalue weighted by molar-refractivity contribution is 6.20. The number of halogens is 5. The predicted molar refractivity (Wildman–Crippen MR) is 65.0 cm³/mol. The lowest BCUT2D eigenvalue weighted by Crippen LogP contribution is -2.04. The first-order chi connectivity index (χ1) is 9.00. The summed E-state index contributed by atoms with van der Waals surface area (Å²) in [5.41, 5.74) is -0.365. The summed E-state index contributed by atoms with van der Waals surface area (Å²) in [6.07, 6.45) is -0.263. The Labute approximate surface area is 112 Å². The molecule has 0 aliphatic heterocycles. The van der Waals surface area contributed by atoms with Gasteiger partial charge in [0, 0.05) is 11.1 Å². The molecule has 0 saturated heterocycles. The van der Waals surface area contributed by atoms with Crippen LogP contribution in [0.2, 0.25) is 0 Å². The van der Waals surface area contributed by atoms with Gasteiger partial charge in [0.25, 0.3) is 0 Å². The van der Waals surface area contributed by atoms with Gasteiger partial charge < -0.3 is 0 Å². The molecule has 2 rings (SSSR count). The van der Waals surface area contributed by atoms with Crippen molar-refractivity contribution in [1.29, 1.82) is 0 Å². The Morgan fingerprint density at radius 1 is 0.842 bits per heavy atom. The smallest absolute Gasteiger partial charge is 0.163 e. The van der Waals surface area contributed by atoms with Crippen LogP contribution in [0.4, 0.5) is 17.6 Å². The molecule has 19 heavy (non-hydrogen) atoms. The maximum Gasteiger partial charge on any atom is 0.163 e. The van der Waals surface area contributed by atoms with E-state index in [0.717, 1.165) is 18.2 Å². The van der Waals surface area contributed by atoms with Crippen LogP contribution >= 0.6 is 11.6 Å². The molecule has 1 atom stereocenters. The maximum atomic E-state index is 13.5. The molecule has 0 fully saturated rings. The third kappa shape index (κ3) is 2.89. The van der Waals surface area contributed by atoms with Crippen molar-refractivity contribution in [3.63, 3.8) is 0 Å². The molecule has 1 unspecified atom stereocenters. The predicted octanol–water partition coefficient (Wildman–Crippen LogP) is 4.77. The molecule has 0 aromatic heterocycles. The molecule has 2 aromatic rings. The molecule has 100 valence electrons.